The molecule has 3 rings (SSSR count). The van der Waals surface area contributed by atoms with Crippen molar-refractivity contribution in [2.45, 2.75) is 37.3 Å². The zero-order chi connectivity index (χ0) is 14.3. The second-order valence-corrected chi connectivity index (χ2v) is 5.88. The zero-order valence-corrected chi connectivity index (χ0v) is 12.3. The first-order valence-electron chi connectivity index (χ1n) is 6.73. The first-order valence-corrected chi connectivity index (χ1v) is 7.17. The van der Waals surface area contributed by atoms with E-state index in [1.807, 2.05) is 19.1 Å². The summed E-state index contributed by atoms with van der Waals surface area (Å²) in [4.78, 5) is 4.60. The van der Waals surface area contributed by atoms with Crippen LogP contribution in [-0.4, -0.2) is 22.8 Å². The van der Waals surface area contributed by atoms with Gasteiger partial charge in [0.25, 0.3) is 0 Å². The lowest BCUT2D eigenvalue weighted by molar-refractivity contribution is 0.00658. The minimum Gasteiger partial charge on any atom is -0.381 e. The molecule has 0 bridgehead atoms. The topological polar surface area (TPSA) is 50.8 Å². The van der Waals surface area contributed by atoms with Crippen molar-refractivity contribution in [1.82, 2.24) is 9.55 Å². The molecule has 1 fully saturated rings. The smallest absolute Gasteiger partial charge is 0.128 e. The quantitative estimate of drug-likeness (QED) is 0.812. The molecule has 1 saturated carbocycles. The Morgan fingerprint density at radius 3 is 2.85 bits per heavy atom. The Labute approximate surface area is 122 Å². The van der Waals surface area contributed by atoms with Crippen LogP contribution in [0.5, 0.6) is 0 Å². The lowest BCUT2D eigenvalue weighted by Crippen LogP contribution is -2.33. The summed E-state index contributed by atoms with van der Waals surface area (Å²) < 4.78 is 7.54. The number of nitriles is 1. The number of nitrogens with zero attached hydrogens (tertiary/aromatic N) is 3. The summed E-state index contributed by atoms with van der Waals surface area (Å²) in [5.74, 6) is 0.837. The SMILES string of the molecule is COC1CC(n2c(C(C)Cl)nc3c(C#N)cccc32)C1. The van der Waals surface area contributed by atoms with Gasteiger partial charge in [-0.05, 0) is 31.9 Å². The summed E-state index contributed by atoms with van der Waals surface area (Å²) in [5.41, 5.74) is 2.34. The summed E-state index contributed by atoms with van der Waals surface area (Å²) in [5, 5.41) is 9.03. The van der Waals surface area contributed by atoms with Crippen LogP contribution in [-0.2, 0) is 4.74 Å². The summed E-state index contributed by atoms with van der Waals surface area (Å²) in [6, 6.07) is 8.25. The minimum atomic E-state index is -0.185. The summed E-state index contributed by atoms with van der Waals surface area (Å²) in [6.45, 7) is 1.91. The van der Waals surface area contributed by atoms with Crippen molar-refractivity contribution in [1.29, 1.82) is 5.26 Å². The Kier molecular flexibility index (Phi) is 3.41. The molecule has 5 heteroatoms. The molecule has 0 saturated heterocycles. The number of alkyl halides is 1. The highest BCUT2D eigenvalue weighted by molar-refractivity contribution is 6.20. The molecule has 4 nitrogen and oxygen atoms in total. The van der Waals surface area contributed by atoms with Crippen molar-refractivity contribution in [3.8, 4) is 6.07 Å². The summed E-state index contributed by atoms with van der Waals surface area (Å²) in [7, 11) is 1.74. The number of hydrogen-bond donors (Lipinski definition) is 0. The number of imidazole rings is 1. The molecule has 1 aliphatic rings. The van der Waals surface area contributed by atoms with Crippen LogP contribution in [0.25, 0.3) is 11.0 Å². The fourth-order valence-corrected chi connectivity index (χ4v) is 2.98. The molecule has 2 aromatic rings. The normalized spacial score (nSPS) is 23.3. The van der Waals surface area contributed by atoms with Crippen molar-refractivity contribution in [2.24, 2.45) is 0 Å². The number of para-hydroxylation sites is 1. The summed E-state index contributed by atoms with van der Waals surface area (Å²) >= 11 is 6.27. The van der Waals surface area contributed by atoms with Gasteiger partial charge in [-0.25, -0.2) is 4.98 Å². The van der Waals surface area contributed by atoms with E-state index >= 15 is 0 Å². The predicted molar refractivity (Wildman–Crippen MR) is 77.8 cm³/mol. The number of benzene rings is 1. The van der Waals surface area contributed by atoms with Gasteiger partial charge in [0.1, 0.15) is 17.4 Å². The number of halogens is 1. The largest absolute Gasteiger partial charge is 0.381 e. The molecule has 0 aliphatic heterocycles. The lowest BCUT2D eigenvalue weighted by Gasteiger charge is -2.36. The average Bonchev–Trinajstić information content (AvgIpc) is 2.77. The molecule has 20 heavy (non-hydrogen) atoms. The van der Waals surface area contributed by atoms with Crippen LogP contribution in [0.3, 0.4) is 0 Å². The molecular formula is C15H16ClN3O. The van der Waals surface area contributed by atoms with E-state index in [2.05, 4.69) is 15.6 Å². The molecule has 1 aromatic carbocycles. The Morgan fingerprint density at radius 1 is 1.50 bits per heavy atom. The van der Waals surface area contributed by atoms with E-state index in [1.54, 1.807) is 13.2 Å². The standard InChI is InChI=1S/C15H16ClN3O/c1-9(16)15-18-14-10(8-17)4-3-5-13(14)19(15)11-6-12(7-11)20-2/h3-5,9,11-12H,6-7H2,1-2H3. The van der Waals surface area contributed by atoms with E-state index in [4.69, 9.17) is 16.3 Å². The second kappa shape index (κ2) is 5.08. The van der Waals surface area contributed by atoms with Gasteiger partial charge in [0.05, 0.1) is 22.6 Å². The molecule has 0 N–H and O–H groups in total. The van der Waals surface area contributed by atoms with Gasteiger partial charge in [-0.3, -0.25) is 0 Å². The van der Waals surface area contributed by atoms with Crippen LogP contribution in [0.2, 0.25) is 0 Å². The van der Waals surface area contributed by atoms with Crippen LogP contribution in [0.1, 0.15) is 42.6 Å². The number of methoxy groups -OCH3 is 1. The van der Waals surface area contributed by atoms with Crippen LogP contribution >= 0.6 is 11.6 Å². The third-order valence-corrected chi connectivity index (χ3v) is 4.19. The Bertz CT molecular complexity index is 680. The fraction of sp³-hybridized carbons (Fsp3) is 0.467. The Balaban J connectivity index is 2.14. The van der Waals surface area contributed by atoms with Gasteiger partial charge < -0.3 is 9.30 Å². The Hall–Kier alpha value is -1.57. The maximum atomic E-state index is 9.21. The highest BCUT2D eigenvalue weighted by Crippen LogP contribution is 2.39. The third kappa shape index (κ3) is 1.98. The molecule has 1 atom stereocenters. The average molecular weight is 290 g/mol. The van der Waals surface area contributed by atoms with Crippen LogP contribution in [0.15, 0.2) is 18.2 Å². The van der Waals surface area contributed by atoms with E-state index in [9.17, 15) is 5.26 Å². The third-order valence-electron chi connectivity index (χ3n) is 3.99. The van der Waals surface area contributed by atoms with Crippen molar-refractivity contribution >= 4 is 22.6 Å². The van der Waals surface area contributed by atoms with Gasteiger partial charge in [-0.2, -0.15) is 5.26 Å². The predicted octanol–water partition coefficient (Wildman–Crippen LogP) is 3.56. The molecule has 1 aromatic heterocycles. The summed E-state index contributed by atoms with van der Waals surface area (Å²) in [6.07, 6.45) is 2.25. The zero-order valence-electron chi connectivity index (χ0n) is 11.5. The molecule has 1 aliphatic carbocycles. The van der Waals surface area contributed by atoms with E-state index in [1.165, 1.54) is 0 Å². The van der Waals surface area contributed by atoms with Gasteiger partial charge in [0.15, 0.2) is 0 Å². The number of aromatic nitrogens is 2. The molecular weight excluding hydrogens is 274 g/mol. The fourth-order valence-electron chi connectivity index (χ4n) is 2.83. The van der Waals surface area contributed by atoms with Gasteiger partial charge in [-0.15, -0.1) is 11.6 Å². The molecule has 0 amide bonds. The van der Waals surface area contributed by atoms with E-state index < -0.39 is 0 Å². The van der Waals surface area contributed by atoms with Crippen molar-refractivity contribution in [2.75, 3.05) is 7.11 Å². The van der Waals surface area contributed by atoms with Crippen LogP contribution in [0.4, 0.5) is 0 Å². The second-order valence-electron chi connectivity index (χ2n) is 5.22. The maximum Gasteiger partial charge on any atom is 0.128 e. The number of hydrogen-bond acceptors (Lipinski definition) is 3. The first kappa shape index (κ1) is 13.4. The van der Waals surface area contributed by atoms with Crippen LogP contribution < -0.4 is 0 Å². The highest BCUT2D eigenvalue weighted by Gasteiger charge is 2.34. The lowest BCUT2D eigenvalue weighted by atomic mass is 9.88. The van der Waals surface area contributed by atoms with Crippen LogP contribution in [0, 0.1) is 11.3 Å². The monoisotopic (exact) mass is 289 g/mol. The number of ether oxygens (including phenoxy) is 1. The van der Waals surface area contributed by atoms with Crippen molar-refractivity contribution < 1.29 is 4.74 Å². The molecule has 0 radical (unpaired) electrons. The molecule has 1 heterocycles. The highest BCUT2D eigenvalue weighted by atomic mass is 35.5. The van der Waals surface area contributed by atoms with Crippen molar-refractivity contribution in [3.05, 3.63) is 29.6 Å². The van der Waals surface area contributed by atoms with Gasteiger partial charge in [-0.1, -0.05) is 6.07 Å². The van der Waals surface area contributed by atoms with E-state index in [-0.39, 0.29) is 5.38 Å². The minimum absolute atomic E-state index is 0.185. The van der Waals surface area contributed by atoms with Gasteiger partial charge in [0, 0.05) is 13.2 Å². The maximum absolute atomic E-state index is 9.21. The van der Waals surface area contributed by atoms with E-state index in [0.717, 1.165) is 29.7 Å². The van der Waals surface area contributed by atoms with E-state index in [0.29, 0.717) is 17.7 Å². The number of rotatable bonds is 3. The first-order chi connectivity index (χ1) is 9.65. The molecule has 104 valence electrons. The van der Waals surface area contributed by atoms with Crippen molar-refractivity contribution in [3.63, 3.8) is 0 Å². The molecule has 1 unspecified atom stereocenters. The Morgan fingerprint density at radius 2 is 2.25 bits per heavy atom. The number of fused-ring (bicyclic) bond motifs is 1. The van der Waals surface area contributed by atoms with Gasteiger partial charge >= 0.3 is 0 Å². The van der Waals surface area contributed by atoms with Gasteiger partial charge in [0.2, 0.25) is 0 Å². The molecule has 0 spiro atoms.